The molecule has 0 saturated carbocycles. The number of hydrogen-bond acceptors (Lipinski definition) is 2. The molecule has 102 valence electrons. The van der Waals surface area contributed by atoms with Gasteiger partial charge in [0.1, 0.15) is 6.07 Å². The molecule has 0 spiro atoms. The van der Waals surface area contributed by atoms with Crippen molar-refractivity contribution in [3.8, 4) is 6.07 Å². The van der Waals surface area contributed by atoms with Crippen molar-refractivity contribution >= 4 is 21.6 Å². The summed E-state index contributed by atoms with van der Waals surface area (Å²) >= 11 is 3.40. The fourth-order valence-corrected chi connectivity index (χ4v) is 2.51. The summed E-state index contributed by atoms with van der Waals surface area (Å²) in [5.74, 6) is 0. The quantitative estimate of drug-likeness (QED) is 0.859. The van der Waals surface area contributed by atoms with Gasteiger partial charge in [-0.1, -0.05) is 53.2 Å². The fourth-order valence-electron chi connectivity index (χ4n) is 2.15. The third-order valence-electron chi connectivity index (χ3n) is 3.28. The first-order valence-corrected chi connectivity index (χ1v) is 7.52. The number of nitrogens with one attached hydrogen (secondary N) is 1. The van der Waals surface area contributed by atoms with E-state index in [9.17, 15) is 5.26 Å². The summed E-state index contributed by atoms with van der Waals surface area (Å²) in [4.78, 5) is 0. The molecule has 1 unspecified atom stereocenters. The number of anilines is 1. The highest BCUT2D eigenvalue weighted by Crippen LogP contribution is 2.22. The van der Waals surface area contributed by atoms with Crippen molar-refractivity contribution in [3.05, 3.63) is 64.1 Å². The molecule has 0 aromatic heterocycles. The second-order valence-corrected chi connectivity index (χ2v) is 5.66. The summed E-state index contributed by atoms with van der Waals surface area (Å²) in [6.45, 7) is 2.16. The van der Waals surface area contributed by atoms with Crippen LogP contribution in [0.15, 0.2) is 53.0 Å². The largest absolute Gasteiger partial charge is 0.381 e. The van der Waals surface area contributed by atoms with E-state index in [1.54, 1.807) is 0 Å². The minimum atomic E-state index is 0.325. The molecule has 2 aromatic rings. The predicted molar refractivity (Wildman–Crippen MR) is 86.7 cm³/mol. The Labute approximate surface area is 128 Å². The first-order chi connectivity index (χ1) is 9.72. The van der Waals surface area contributed by atoms with Crippen molar-refractivity contribution in [2.24, 2.45) is 0 Å². The van der Waals surface area contributed by atoms with Crippen molar-refractivity contribution in [3.63, 3.8) is 0 Å². The number of halogens is 1. The summed E-state index contributed by atoms with van der Waals surface area (Å²) < 4.78 is 0.927. The van der Waals surface area contributed by atoms with Gasteiger partial charge in [0, 0.05) is 10.5 Å². The molecular formula is C17H17BrN2. The van der Waals surface area contributed by atoms with E-state index in [0.29, 0.717) is 11.6 Å². The highest BCUT2D eigenvalue weighted by Gasteiger charge is 2.10. The Hall–Kier alpha value is -1.79. The van der Waals surface area contributed by atoms with E-state index in [-0.39, 0.29) is 0 Å². The summed E-state index contributed by atoms with van der Waals surface area (Å²) in [5, 5.41) is 12.7. The van der Waals surface area contributed by atoms with E-state index in [1.165, 1.54) is 5.56 Å². The lowest BCUT2D eigenvalue weighted by molar-refractivity contribution is 0.690. The van der Waals surface area contributed by atoms with Crippen molar-refractivity contribution < 1.29 is 0 Å². The maximum Gasteiger partial charge on any atom is 0.101 e. The van der Waals surface area contributed by atoms with Crippen LogP contribution < -0.4 is 5.32 Å². The average Bonchev–Trinajstić information content (AvgIpc) is 2.49. The molecule has 1 atom stereocenters. The van der Waals surface area contributed by atoms with Crippen molar-refractivity contribution in [2.75, 3.05) is 5.32 Å². The molecule has 0 saturated heterocycles. The molecule has 0 aliphatic carbocycles. The molecule has 0 heterocycles. The fraction of sp³-hybridized carbons (Fsp3) is 0.235. The molecule has 0 aliphatic heterocycles. The zero-order chi connectivity index (χ0) is 14.4. The van der Waals surface area contributed by atoms with Gasteiger partial charge in [-0.3, -0.25) is 0 Å². The minimum Gasteiger partial charge on any atom is -0.381 e. The normalized spacial score (nSPS) is 11.7. The molecule has 0 aliphatic rings. The monoisotopic (exact) mass is 328 g/mol. The van der Waals surface area contributed by atoms with Crippen LogP contribution in [0.25, 0.3) is 0 Å². The lowest BCUT2D eigenvalue weighted by Crippen LogP contribution is -2.21. The van der Waals surface area contributed by atoms with Gasteiger partial charge in [-0.15, -0.1) is 0 Å². The van der Waals surface area contributed by atoms with Gasteiger partial charge in [0.2, 0.25) is 0 Å². The van der Waals surface area contributed by atoms with Crippen molar-refractivity contribution in [2.45, 2.75) is 25.8 Å². The molecule has 1 N–H and O–H groups in total. The van der Waals surface area contributed by atoms with Gasteiger partial charge in [0.15, 0.2) is 0 Å². The van der Waals surface area contributed by atoms with E-state index in [1.807, 2.05) is 24.3 Å². The second kappa shape index (κ2) is 7.12. The van der Waals surface area contributed by atoms with Crippen molar-refractivity contribution in [1.29, 1.82) is 5.26 Å². The van der Waals surface area contributed by atoms with E-state index in [2.05, 4.69) is 58.5 Å². The van der Waals surface area contributed by atoms with Gasteiger partial charge < -0.3 is 5.32 Å². The average molecular weight is 329 g/mol. The van der Waals surface area contributed by atoms with Crippen molar-refractivity contribution in [1.82, 2.24) is 0 Å². The minimum absolute atomic E-state index is 0.325. The molecular weight excluding hydrogens is 312 g/mol. The van der Waals surface area contributed by atoms with Crippen LogP contribution in [0.4, 0.5) is 5.69 Å². The topological polar surface area (TPSA) is 35.8 Å². The Morgan fingerprint density at radius 3 is 2.60 bits per heavy atom. The summed E-state index contributed by atoms with van der Waals surface area (Å²) in [5.41, 5.74) is 2.88. The van der Waals surface area contributed by atoms with Crippen LogP contribution in [0.1, 0.15) is 24.5 Å². The Bertz CT molecular complexity index is 602. The van der Waals surface area contributed by atoms with Gasteiger partial charge in [-0.25, -0.2) is 0 Å². The smallest absolute Gasteiger partial charge is 0.101 e. The number of benzene rings is 2. The highest BCUT2D eigenvalue weighted by molar-refractivity contribution is 9.10. The molecule has 20 heavy (non-hydrogen) atoms. The Kier molecular flexibility index (Phi) is 5.20. The van der Waals surface area contributed by atoms with Gasteiger partial charge in [0.25, 0.3) is 0 Å². The molecule has 0 bridgehead atoms. The number of rotatable bonds is 5. The summed E-state index contributed by atoms with van der Waals surface area (Å²) in [6, 6.07) is 18.7. The van der Waals surface area contributed by atoms with Crippen LogP contribution in [0, 0.1) is 11.3 Å². The first kappa shape index (κ1) is 14.6. The second-order valence-electron chi connectivity index (χ2n) is 4.74. The Morgan fingerprint density at radius 1 is 1.20 bits per heavy atom. The molecule has 2 aromatic carbocycles. The van der Waals surface area contributed by atoms with Gasteiger partial charge in [-0.05, 0) is 36.6 Å². The van der Waals surface area contributed by atoms with E-state index in [4.69, 9.17) is 0 Å². The lowest BCUT2D eigenvalue weighted by atomic mass is 10.0. The van der Waals surface area contributed by atoms with E-state index < -0.39 is 0 Å². The third-order valence-corrected chi connectivity index (χ3v) is 3.77. The summed E-state index contributed by atoms with van der Waals surface area (Å²) in [7, 11) is 0. The zero-order valence-corrected chi connectivity index (χ0v) is 13.0. The van der Waals surface area contributed by atoms with Crippen LogP contribution in [0.5, 0.6) is 0 Å². The summed E-state index contributed by atoms with van der Waals surface area (Å²) in [6.07, 6.45) is 1.97. The van der Waals surface area contributed by atoms with Gasteiger partial charge in [0.05, 0.1) is 11.3 Å². The molecule has 0 radical (unpaired) electrons. The number of hydrogen-bond donors (Lipinski definition) is 1. The SMILES string of the molecule is CCC(Cc1ccccc1)Nc1ccc(Br)cc1C#N. The van der Waals surface area contributed by atoms with Gasteiger partial charge in [-0.2, -0.15) is 5.26 Å². The highest BCUT2D eigenvalue weighted by atomic mass is 79.9. The number of nitriles is 1. The van der Waals surface area contributed by atoms with Crippen LogP contribution in [-0.2, 0) is 6.42 Å². The van der Waals surface area contributed by atoms with E-state index in [0.717, 1.165) is 23.0 Å². The lowest BCUT2D eigenvalue weighted by Gasteiger charge is -2.19. The predicted octanol–water partition coefficient (Wildman–Crippen LogP) is 4.75. The third kappa shape index (κ3) is 3.85. The number of nitrogens with zero attached hydrogens (tertiary/aromatic N) is 1. The van der Waals surface area contributed by atoms with E-state index >= 15 is 0 Å². The Balaban J connectivity index is 2.13. The Morgan fingerprint density at radius 2 is 1.95 bits per heavy atom. The first-order valence-electron chi connectivity index (χ1n) is 6.73. The maximum atomic E-state index is 9.21. The standard InChI is InChI=1S/C17H17BrN2/c1-2-16(10-13-6-4-3-5-7-13)20-17-9-8-15(18)11-14(17)12-19/h3-9,11,16,20H,2,10H2,1H3. The van der Waals surface area contributed by atoms with Crippen LogP contribution in [0.3, 0.4) is 0 Å². The maximum absolute atomic E-state index is 9.21. The molecule has 3 heteroatoms. The zero-order valence-electron chi connectivity index (χ0n) is 11.4. The van der Waals surface area contributed by atoms with Gasteiger partial charge >= 0.3 is 0 Å². The van der Waals surface area contributed by atoms with Crippen LogP contribution in [0.2, 0.25) is 0 Å². The molecule has 2 rings (SSSR count). The van der Waals surface area contributed by atoms with Crippen LogP contribution in [-0.4, -0.2) is 6.04 Å². The van der Waals surface area contributed by atoms with Crippen LogP contribution >= 0.6 is 15.9 Å². The molecule has 0 amide bonds. The molecule has 0 fully saturated rings. The molecule has 2 nitrogen and oxygen atoms in total.